The summed E-state index contributed by atoms with van der Waals surface area (Å²) in [4.78, 5) is 28.0. The molecule has 0 saturated carbocycles. The molecule has 1 aliphatic carbocycles. The lowest BCUT2D eigenvalue weighted by molar-refractivity contribution is -0.140. The number of carbonyl (C=O) groups excluding carboxylic acids is 2. The Morgan fingerprint density at radius 2 is 1.48 bits per heavy atom. The fourth-order valence-corrected chi connectivity index (χ4v) is 3.13. The molecule has 3 rings (SSSR count). The summed E-state index contributed by atoms with van der Waals surface area (Å²) in [6, 6.07) is 13.9. The number of hydrogen-bond donors (Lipinski definition) is 0. The van der Waals surface area contributed by atoms with Crippen molar-refractivity contribution >= 4 is 23.0 Å². The van der Waals surface area contributed by atoms with Crippen LogP contribution in [0.3, 0.4) is 0 Å². The minimum absolute atomic E-state index is 0.143. The maximum Gasteiger partial charge on any atom is 0.331 e. The zero-order valence-electron chi connectivity index (χ0n) is 14.7. The highest BCUT2D eigenvalue weighted by Crippen LogP contribution is 2.45. The lowest BCUT2D eigenvalue weighted by atomic mass is 9.96. The number of Topliss-reactive ketones (excluding diaryl/α,β-unsaturated/α-hetero) is 1. The normalized spacial score (nSPS) is 12.5. The summed E-state index contributed by atoms with van der Waals surface area (Å²) < 4.78 is 0. The van der Waals surface area contributed by atoms with Crippen LogP contribution in [0.4, 0.5) is 0 Å². The van der Waals surface area contributed by atoms with Crippen LogP contribution in [0.1, 0.15) is 49.2 Å². The van der Waals surface area contributed by atoms with Crippen molar-refractivity contribution in [1.82, 2.24) is 0 Å². The summed E-state index contributed by atoms with van der Waals surface area (Å²) in [5.41, 5.74) is 7.56. The second-order valence-electron chi connectivity index (χ2n) is 6.27. The van der Waals surface area contributed by atoms with Gasteiger partial charge in [-0.05, 0) is 54.7 Å². The SMILES string of the molecule is CC(=O)O/N=C(/C)C(=O)c1ccc2c(c1)C(=C(C)C)c1ccccc1-2. The third kappa shape index (κ3) is 3.03. The molecule has 2 aromatic rings. The Kier molecular flexibility index (Phi) is 4.36. The van der Waals surface area contributed by atoms with Crippen LogP contribution in [0.15, 0.2) is 53.2 Å². The van der Waals surface area contributed by atoms with Gasteiger partial charge >= 0.3 is 5.97 Å². The number of rotatable bonds is 3. The maximum absolute atomic E-state index is 12.6. The predicted octanol–water partition coefficient (Wildman–Crippen LogP) is 4.63. The van der Waals surface area contributed by atoms with E-state index < -0.39 is 5.97 Å². The average molecular weight is 333 g/mol. The zero-order chi connectivity index (χ0) is 18.1. The third-order valence-corrected chi connectivity index (χ3v) is 4.18. The molecule has 0 amide bonds. The van der Waals surface area contributed by atoms with Gasteiger partial charge in [0, 0.05) is 12.5 Å². The van der Waals surface area contributed by atoms with Crippen LogP contribution in [-0.4, -0.2) is 17.5 Å². The summed E-state index contributed by atoms with van der Waals surface area (Å²) in [5, 5.41) is 3.59. The second-order valence-corrected chi connectivity index (χ2v) is 6.27. The first-order chi connectivity index (χ1) is 11.9. The van der Waals surface area contributed by atoms with E-state index in [1.54, 1.807) is 6.07 Å². The van der Waals surface area contributed by atoms with Gasteiger partial charge in [-0.25, -0.2) is 4.79 Å². The van der Waals surface area contributed by atoms with E-state index >= 15 is 0 Å². The van der Waals surface area contributed by atoms with Gasteiger partial charge in [0.1, 0.15) is 5.71 Å². The molecule has 126 valence electrons. The molecule has 2 aromatic carbocycles. The standard InChI is InChI=1S/C21H19NO3/c1-12(2)20-18-8-6-5-7-16(18)17-10-9-15(11-19(17)20)21(24)13(3)22-25-14(4)23/h5-11H,1-4H3/b22-13-. The highest BCUT2D eigenvalue weighted by atomic mass is 16.7. The highest BCUT2D eigenvalue weighted by molar-refractivity contribution is 6.45. The molecule has 0 saturated heterocycles. The van der Waals surface area contributed by atoms with Gasteiger partial charge < -0.3 is 4.84 Å². The highest BCUT2D eigenvalue weighted by Gasteiger charge is 2.25. The quantitative estimate of drug-likeness (QED) is 0.304. The van der Waals surface area contributed by atoms with Crippen LogP contribution in [-0.2, 0) is 9.63 Å². The molecule has 0 aliphatic heterocycles. The Labute approximate surface area is 146 Å². The molecule has 0 atom stereocenters. The van der Waals surface area contributed by atoms with Crippen LogP contribution in [0.2, 0.25) is 0 Å². The van der Waals surface area contributed by atoms with Crippen molar-refractivity contribution in [2.75, 3.05) is 0 Å². The summed E-state index contributed by atoms with van der Waals surface area (Å²) in [7, 11) is 0. The molecule has 0 bridgehead atoms. The molecular weight excluding hydrogens is 314 g/mol. The number of ketones is 1. The second kappa shape index (κ2) is 6.48. The van der Waals surface area contributed by atoms with E-state index in [0.717, 1.165) is 16.7 Å². The minimum atomic E-state index is -0.552. The molecule has 0 spiro atoms. The molecule has 0 aromatic heterocycles. The van der Waals surface area contributed by atoms with E-state index in [-0.39, 0.29) is 11.5 Å². The maximum atomic E-state index is 12.6. The summed E-state index contributed by atoms with van der Waals surface area (Å²) in [6.45, 7) is 6.93. The van der Waals surface area contributed by atoms with Crippen molar-refractivity contribution in [3.8, 4) is 11.1 Å². The Morgan fingerprint density at radius 3 is 2.12 bits per heavy atom. The van der Waals surface area contributed by atoms with Crippen molar-refractivity contribution in [1.29, 1.82) is 0 Å². The van der Waals surface area contributed by atoms with Gasteiger partial charge in [-0.1, -0.05) is 47.1 Å². The number of hydrogen-bond acceptors (Lipinski definition) is 4. The molecular formula is C21H19NO3. The van der Waals surface area contributed by atoms with Gasteiger partial charge in [-0.3, -0.25) is 4.79 Å². The first kappa shape index (κ1) is 16.8. The summed E-state index contributed by atoms with van der Waals surface area (Å²) in [5.74, 6) is -0.809. The van der Waals surface area contributed by atoms with Crippen molar-refractivity contribution in [2.24, 2.45) is 5.16 Å². The van der Waals surface area contributed by atoms with Crippen molar-refractivity contribution in [2.45, 2.75) is 27.7 Å². The van der Waals surface area contributed by atoms with Crippen molar-refractivity contribution in [3.05, 3.63) is 64.7 Å². The lowest BCUT2D eigenvalue weighted by Crippen LogP contribution is -2.12. The van der Waals surface area contributed by atoms with Crippen LogP contribution in [0.25, 0.3) is 16.7 Å². The third-order valence-electron chi connectivity index (χ3n) is 4.18. The Balaban J connectivity index is 2.07. The number of benzene rings is 2. The number of nitrogens with zero attached hydrogens (tertiary/aromatic N) is 1. The van der Waals surface area contributed by atoms with Crippen LogP contribution >= 0.6 is 0 Å². The Bertz CT molecular complexity index is 947. The van der Waals surface area contributed by atoms with E-state index in [2.05, 4.69) is 36.0 Å². The Morgan fingerprint density at radius 1 is 0.840 bits per heavy atom. The number of allylic oxidation sites excluding steroid dienone is 1. The van der Waals surface area contributed by atoms with Crippen molar-refractivity contribution in [3.63, 3.8) is 0 Å². The van der Waals surface area contributed by atoms with E-state index in [9.17, 15) is 9.59 Å². The molecule has 4 heteroatoms. The fourth-order valence-electron chi connectivity index (χ4n) is 3.13. The van der Waals surface area contributed by atoms with Gasteiger partial charge in [0.2, 0.25) is 5.78 Å². The molecule has 0 heterocycles. The summed E-state index contributed by atoms with van der Waals surface area (Å²) >= 11 is 0. The molecule has 0 unspecified atom stereocenters. The molecule has 0 radical (unpaired) electrons. The molecule has 1 aliphatic rings. The van der Waals surface area contributed by atoms with Crippen molar-refractivity contribution < 1.29 is 14.4 Å². The van der Waals surface area contributed by atoms with Gasteiger partial charge in [0.05, 0.1) is 0 Å². The lowest BCUT2D eigenvalue weighted by Gasteiger charge is -2.07. The average Bonchev–Trinajstić information content (AvgIpc) is 2.92. The van der Waals surface area contributed by atoms with Crippen LogP contribution < -0.4 is 0 Å². The van der Waals surface area contributed by atoms with Gasteiger partial charge in [-0.15, -0.1) is 0 Å². The number of carbonyl (C=O) groups is 2. The van der Waals surface area contributed by atoms with E-state index in [4.69, 9.17) is 0 Å². The summed E-state index contributed by atoms with van der Waals surface area (Å²) in [6.07, 6.45) is 0. The topological polar surface area (TPSA) is 55.7 Å². The molecule has 0 N–H and O–H groups in total. The van der Waals surface area contributed by atoms with E-state index in [1.165, 1.54) is 30.5 Å². The zero-order valence-corrected chi connectivity index (χ0v) is 14.7. The van der Waals surface area contributed by atoms with Gasteiger partial charge in [0.15, 0.2) is 0 Å². The largest absolute Gasteiger partial charge is 0.331 e. The van der Waals surface area contributed by atoms with Gasteiger partial charge in [-0.2, -0.15) is 0 Å². The first-order valence-electron chi connectivity index (χ1n) is 8.08. The first-order valence-corrected chi connectivity index (χ1v) is 8.08. The van der Waals surface area contributed by atoms with E-state index in [0.29, 0.717) is 5.56 Å². The number of oxime groups is 1. The van der Waals surface area contributed by atoms with Gasteiger partial charge in [0.25, 0.3) is 0 Å². The monoisotopic (exact) mass is 333 g/mol. The molecule has 25 heavy (non-hydrogen) atoms. The smallest absolute Gasteiger partial charge is 0.318 e. The number of fused-ring (bicyclic) bond motifs is 3. The minimum Gasteiger partial charge on any atom is -0.318 e. The molecule has 0 fully saturated rings. The predicted molar refractivity (Wildman–Crippen MR) is 98.5 cm³/mol. The fraction of sp³-hybridized carbons (Fsp3) is 0.190. The van der Waals surface area contributed by atoms with Crippen LogP contribution in [0.5, 0.6) is 0 Å². The Hall–Kier alpha value is -3.01. The van der Waals surface area contributed by atoms with E-state index in [1.807, 2.05) is 24.3 Å². The molecule has 4 nitrogen and oxygen atoms in total. The van der Waals surface area contributed by atoms with Crippen LogP contribution in [0, 0.1) is 0 Å².